The molecule has 0 radical (unpaired) electrons. The van der Waals surface area contributed by atoms with Crippen molar-refractivity contribution in [1.82, 2.24) is 5.32 Å². The van der Waals surface area contributed by atoms with Gasteiger partial charge in [0.15, 0.2) is 5.78 Å². The van der Waals surface area contributed by atoms with E-state index >= 15 is 0 Å². The third kappa shape index (κ3) is 7.85. The van der Waals surface area contributed by atoms with Crippen molar-refractivity contribution in [2.24, 2.45) is 0 Å². The Kier molecular flexibility index (Phi) is 7.55. The van der Waals surface area contributed by atoms with E-state index in [2.05, 4.69) is 5.32 Å². The first kappa shape index (κ1) is 19.8. The molecule has 6 heteroatoms. The van der Waals surface area contributed by atoms with Gasteiger partial charge in [-0.1, -0.05) is 0 Å². The summed E-state index contributed by atoms with van der Waals surface area (Å²) in [5, 5.41) is 12.4. The Morgan fingerprint density at radius 2 is 1.88 bits per heavy atom. The number of Topliss-reactive ketones (excluding diaryl/α,β-unsaturated/α-hetero) is 1. The van der Waals surface area contributed by atoms with Crippen LogP contribution < -0.4 is 10.1 Å². The molecular formula is C18H27NO5. The first-order valence-corrected chi connectivity index (χ1v) is 8.12. The lowest BCUT2D eigenvalue weighted by Crippen LogP contribution is -2.33. The molecule has 1 aromatic rings. The maximum atomic E-state index is 11.4. The molecule has 0 heterocycles. The SMILES string of the molecule is CC(=O)c1ccc(OCCCCCNC(=O)OC(C)(C)C)cc1O. The Bertz CT molecular complexity index is 563. The predicted octanol–water partition coefficient (Wildman–Crippen LogP) is 3.67. The van der Waals surface area contributed by atoms with E-state index < -0.39 is 11.7 Å². The highest BCUT2D eigenvalue weighted by Gasteiger charge is 2.15. The quantitative estimate of drug-likeness (QED) is 0.558. The minimum absolute atomic E-state index is 0.0680. The van der Waals surface area contributed by atoms with Gasteiger partial charge in [-0.25, -0.2) is 4.79 Å². The molecule has 6 nitrogen and oxygen atoms in total. The number of carbonyl (C=O) groups excluding carboxylic acids is 2. The van der Waals surface area contributed by atoms with Gasteiger partial charge in [0, 0.05) is 12.6 Å². The summed E-state index contributed by atoms with van der Waals surface area (Å²) >= 11 is 0. The topological polar surface area (TPSA) is 84.9 Å². The number of alkyl carbamates (subject to hydrolysis) is 1. The van der Waals surface area contributed by atoms with Gasteiger partial charge in [0.1, 0.15) is 17.1 Å². The fourth-order valence-corrected chi connectivity index (χ4v) is 2.00. The van der Waals surface area contributed by atoms with E-state index in [-0.39, 0.29) is 17.1 Å². The van der Waals surface area contributed by atoms with Crippen LogP contribution in [0.3, 0.4) is 0 Å². The van der Waals surface area contributed by atoms with E-state index in [1.54, 1.807) is 12.1 Å². The van der Waals surface area contributed by atoms with Gasteiger partial charge in [-0.05, 0) is 59.1 Å². The molecule has 0 aromatic heterocycles. The summed E-state index contributed by atoms with van der Waals surface area (Å²) in [6.07, 6.45) is 2.15. The van der Waals surface area contributed by atoms with E-state index in [0.717, 1.165) is 19.3 Å². The van der Waals surface area contributed by atoms with Crippen molar-refractivity contribution in [3.05, 3.63) is 23.8 Å². The fourth-order valence-electron chi connectivity index (χ4n) is 2.00. The minimum Gasteiger partial charge on any atom is -0.507 e. The van der Waals surface area contributed by atoms with E-state index in [0.29, 0.717) is 18.9 Å². The third-order valence-corrected chi connectivity index (χ3v) is 3.11. The first-order chi connectivity index (χ1) is 11.2. The molecule has 0 fully saturated rings. The number of nitrogens with one attached hydrogen (secondary N) is 1. The molecule has 0 saturated heterocycles. The molecule has 0 aliphatic rings. The summed E-state index contributed by atoms with van der Waals surface area (Å²) < 4.78 is 10.7. The molecule has 0 bridgehead atoms. The highest BCUT2D eigenvalue weighted by molar-refractivity contribution is 5.96. The second-order valence-electron chi connectivity index (χ2n) is 6.57. The van der Waals surface area contributed by atoms with Crippen molar-refractivity contribution in [1.29, 1.82) is 0 Å². The Morgan fingerprint density at radius 3 is 2.46 bits per heavy atom. The first-order valence-electron chi connectivity index (χ1n) is 8.12. The lowest BCUT2D eigenvalue weighted by atomic mass is 10.1. The summed E-state index contributed by atoms with van der Waals surface area (Å²) in [7, 11) is 0. The Labute approximate surface area is 143 Å². The number of benzene rings is 1. The van der Waals surface area contributed by atoms with Gasteiger partial charge < -0.3 is 19.9 Å². The minimum atomic E-state index is -0.485. The van der Waals surface area contributed by atoms with Gasteiger partial charge in [0.25, 0.3) is 0 Å². The number of unbranched alkanes of at least 4 members (excludes halogenated alkanes) is 2. The van der Waals surface area contributed by atoms with E-state index in [4.69, 9.17) is 9.47 Å². The number of hydrogen-bond donors (Lipinski definition) is 2. The maximum Gasteiger partial charge on any atom is 0.407 e. The molecule has 1 amide bonds. The fraction of sp³-hybridized carbons (Fsp3) is 0.556. The van der Waals surface area contributed by atoms with Crippen LogP contribution in [0.25, 0.3) is 0 Å². The highest BCUT2D eigenvalue weighted by Crippen LogP contribution is 2.24. The number of amides is 1. The van der Waals surface area contributed by atoms with Crippen LogP contribution >= 0.6 is 0 Å². The lowest BCUT2D eigenvalue weighted by molar-refractivity contribution is 0.0526. The number of phenolic OH excluding ortho intramolecular Hbond substituents is 1. The van der Waals surface area contributed by atoms with Crippen LogP contribution in [0.2, 0.25) is 0 Å². The van der Waals surface area contributed by atoms with Crippen LogP contribution in [-0.4, -0.2) is 35.7 Å². The molecule has 0 aliphatic heterocycles. The van der Waals surface area contributed by atoms with Crippen molar-refractivity contribution in [2.75, 3.05) is 13.2 Å². The third-order valence-electron chi connectivity index (χ3n) is 3.11. The Morgan fingerprint density at radius 1 is 1.17 bits per heavy atom. The number of phenols is 1. The molecular weight excluding hydrogens is 310 g/mol. The molecule has 0 saturated carbocycles. The standard InChI is InChI=1S/C18H27NO5/c1-13(20)15-9-8-14(12-16(15)21)23-11-7-5-6-10-19-17(22)24-18(2,3)4/h8-9,12,21H,5-7,10-11H2,1-4H3,(H,19,22). The van der Waals surface area contributed by atoms with E-state index in [1.807, 2.05) is 20.8 Å². The number of rotatable bonds is 8. The normalized spacial score (nSPS) is 11.0. The largest absolute Gasteiger partial charge is 0.507 e. The zero-order valence-corrected chi connectivity index (χ0v) is 14.8. The van der Waals surface area contributed by atoms with Gasteiger partial charge in [0.05, 0.1) is 12.2 Å². The molecule has 1 aromatic carbocycles. The molecule has 134 valence electrons. The molecule has 2 N–H and O–H groups in total. The number of ketones is 1. The molecule has 0 atom stereocenters. The van der Waals surface area contributed by atoms with Gasteiger partial charge in [0.2, 0.25) is 0 Å². The van der Waals surface area contributed by atoms with Crippen molar-refractivity contribution in [3.8, 4) is 11.5 Å². The van der Waals surface area contributed by atoms with Crippen LogP contribution in [0, 0.1) is 0 Å². The summed E-state index contributed by atoms with van der Waals surface area (Å²) in [6.45, 7) is 7.94. The highest BCUT2D eigenvalue weighted by atomic mass is 16.6. The van der Waals surface area contributed by atoms with Crippen LogP contribution in [0.5, 0.6) is 11.5 Å². The molecule has 0 unspecified atom stereocenters. The zero-order chi connectivity index (χ0) is 18.2. The summed E-state index contributed by atoms with van der Waals surface area (Å²) in [6, 6.07) is 4.67. The molecule has 0 aliphatic carbocycles. The van der Waals surface area contributed by atoms with Gasteiger partial charge in [-0.3, -0.25) is 4.79 Å². The second-order valence-corrected chi connectivity index (χ2v) is 6.57. The Balaban J connectivity index is 2.15. The maximum absolute atomic E-state index is 11.4. The molecule has 1 rings (SSSR count). The van der Waals surface area contributed by atoms with E-state index in [9.17, 15) is 14.7 Å². The summed E-state index contributed by atoms with van der Waals surface area (Å²) in [4.78, 5) is 22.7. The van der Waals surface area contributed by atoms with Crippen molar-refractivity contribution >= 4 is 11.9 Å². The van der Waals surface area contributed by atoms with Crippen molar-refractivity contribution < 1.29 is 24.2 Å². The number of ether oxygens (including phenoxy) is 2. The Hall–Kier alpha value is -2.24. The average molecular weight is 337 g/mol. The summed E-state index contributed by atoms with van der Waals surface area (Å²) in [5.74, 6) is 0.280. The molecule has 24 heavy (non-hydrogen) atoms. The smallest absolute Gasteiger partial charge is 0.407 e. The van der Waals surface area contributed by atoms with Crippen LogP contribution in [0.4, 0.5) is 4.79 Å². The van der Waals surface area contributed by atoms with Gasteiger partial charge >= 0.3 is 6.09 Å². The molecule has 0 spiro atoms. The van der Waals surface area contributed by atoms with Gasteiger partial charge in [-0.15, -0.1) is 0 Å². The van der Waals surface area contributed by atoms with Crippen LogP contribution in [0.1, 0.15) is 57.3 Å². The number of hydrogen-bond acceptors (Lipinski definition) is 5. The van der Waals surface area contributed by atoms with Crippen molar-refractivity contribution in [2.45, 2.75) is 52.6 Å². The summed E-state index contributed by atoms with van der Waals surface area (Å²) in [5.41, 5.74) is -0.197. The van der Waals surface area contributed by atoms with Crippen LogP contribution in [-0.2, 0) is 4.74 Å². The lowest BCUT2D eigenvalue weighted by Gasteiger charge is -2.19. The van der Waals surface area contributed by atoms with E-state index in [1.165, 1.54) is 13.0 Å². The van der Waals surface area contributed by atoms with Gasteiger partial charge in [-0.2, -0.15) is 0 Å². The van der Waals surface area contributed by atoms with Crippen LogP contribution in [0.15, 0.2) is 18.2 Å². The van der Waals surface area contributed by atoms with Crippen molar-refractivity contribution in [3.63, 3.8) is 0 Å². The monoisotopic (exact) mass is 337 g/mol. The second kappa shape index (κ2) is 9.15. The predicted molar refractivity (Wildman–Crippen MR) is 91.7 cm³/mol. The number of carbonyl (C=O) groups is 2. The zero-order valence-electron chi connectivity index (χ0n) is 14.8. The average Bonchev–Trinajstić information content (AvgIpc) is 2.44. The number of aromatic hydroxyl groups is 1.